The molecule has 0 radical (unpaired) electrons. The number of rotatable bonds is 16. The molecule has 2 saturated carbocycles. The van der Waals surface area contributed by atoms with Crippen LogP contribution < -0.4 is 25.2 Å². The van der Waals surface area contributed by atoms with Crippen LogP contribution in [-0.4, -0.2) is 96.0 Å². The van der Waals surface area contributed by atoms with E-state index in [9.17, 15) is 23.3 Å². The van der Waals surface area contributed by atoms with Gasteiger partial charge in [0.05, 0.1) is 33.4 Å². The van der Waals surface area contributed by atoms with E-state index < -0.39 is 20.7 Å². The lowest BCUT2D eigenvalue weighted by molar-refractivity contribution is -0.164. The van der Waals surface area contributed by atoms with E-state index in [-0.39, 0.29) is 34.3 Å². The van der Waals surface area contributed by atoms with Crippen molar-refractivity contribution in [2.24, 2.45) is 29.7 Å². The fourth-order valence-electron chi connectivity index (χ4n) is 10.1. The number of benzene rings is 2. The van der Waals surface area contributed by atoms with E-state index in [2.05, 4.69) is 63.8 Å². The number of ether oxygens (including phenoxy) is 2. The minimum atomic E-state index is -3.48. The number of H-pyrrole nitrogens is 1. The number of aromatic amines is 1. The number of hydrogen-bond acceptors (Lipinski definition) is 11. The third-order valence-electron chi connectivity index (χ3n) is 13.7. The number of halogens is 1. The number of piperazine rings is 1. The Morgan fingerprint density at radius 1 is 1.03 bits per heavy atom. The zero-order valence-electron chi connectivity index (χ0n) is 37.4. The fraction of sp³-hybridized carbons (Fsp3) is 0.479. The Morgan fingerprint density at radius 2 is 1.75 bits per heavy atom. The number of sulfone groups is 1. The summed E-state index contributed by atoms with van der Waals surface area (Å²) in [5.74, 6) is 2.51. The molecule has 1 saturated heterocycles. The van der Waals surface area contributed by atoms with E-state index >= 15 is 0 Å². The molecule has 1 unspecified atom stereocenters. The predicted octanol–water partition coefficient (Wildman–Crippen LogP) is 7.26. The molecule has 1 aliphatic heterocycles. The van der Waals surface area contributed by atoms with Crippen molar-refractivity contribution in [1.29, 1.82) is 5.26 Å². The van der Waals surface area contributed by atoms with Crippen molar-refractivity contribution in [3.63, 3.8) is 0 Å². The summed E-state index contributed by atoms with van der Waals surface area (Å²) in [5.41, 5.74) is 1.70. The number of nitriles is 1. The summed E-state index contributed by atoms with van der Waals surface area (Å²) in [4.78, 5) is 43.5. The Balaban J connectivity index is 0.828. The molecule has 14 nitrogen and oxygen atoms in total. The van der Waals surface area contributed by atoms with Crippen molar-refractivity contribution in [1.82, 2.24) is 29.7 Å². The average molecular weight is 910 g/mol. The van der Waals surface area contributed by atoms with Gasteiger partial charge in [-0.05, 0) is 80.5 Å². The molecule has 3 aromatic heterocycles. The summed E-state index contributed by atoms with van der Waals surface area (Å²) in [6, 6.07) is 13.9. The number of carbonyl (C=O) groups is 1. The van der Waals surface area contributed by atoms with Gasteiger partial charge < -0.3 is 29.2 Å². The lowest BCUT2D eigenvalue weighted by Gasteiger charge is -2.63. The highest BCUT2D eigenvalue weighted by atomic mass is 35.5. The maximum Gasteiger partial charge on any atom is 0.274 e. The number of amides is 1. The largest absolute Gasteiger partial charge is 0.493 e. The van der Waals surface area contributed by atoms with Crippen LogP contribution in [0.1, 0.15) is 76.2 Å². The first kappa shape index (κ1) is 45.1. The van der Waals surface area contributed by atoms with Crippen molar-refractivity contribution >= 4 is 44.2 Å². The molecule has 3 aliphatic rings. The summed E-state index contributed by atoms with van der Waals surface area (Å²) in [6.45, 7) is 14.7. The van der Waals surface area contributed by atoms with Gasteiger partial charge in [-0.3, -0.25) is 14.5 Å². The number of pyridine rings is 1. The van der Waals surface area contributed by atoms with Gasteiger partial charge in [-0.1, -0.05) is 46.2 Å². The molecule has 4 heterocycles. The minimum absolute atomic E-state index is 0.0163. The Labute approximate surface area is 379 Å². The van der Waals surface area contributed by atoms with E-state index in [1.807, 2.05) is 6.07 Å². The first-order valence-electron chi connectivity index (χ1n) is 22.1. The number of fused-ring (bicyclic) bond motifs is 1. The highest BCUT2D eigenvalue weighted by Gasteiger charge is 2.64. The SMILES string of the molecule is CCS(=O)(=O)c1ccc(OCC(CCCN2CCN(c3ncc(C(=O)NC4C(C)(C)C(Oc5ccc(C#N)c(Cl)c5)C4(C)C)cn3)CC2)C2CC2)c(-c2cn(C)c(=O)c3[nH]ccc23)c1. The third-order valence-corrected chi connectivity index (χ3v) is 15.7. The molecule has 2 aromatic carbocycles. The maximum atomic E-state index is 13.5. The molecule has 64 heavy (non-hydrogen) atoms. The lowest BCUT2D eigenvalue weighted by Crippen LogP contribution is -2.74. The van der Waals surface area contributed by atoms with Crippen molar-refractivity contribution in [3.05, 3.63) is 93.8 Å². The maximum absolute atomic E-state index is 13.5. The number of nitrogens with zero attached hydrogens (tertiary/aromatic N) is 6. The van der Waals surface area contributed by atoms with Crippen LogP contribution in [0.15, 0.2) is 76.9 Å². The predicted molar refractivity (Wildman–Crippen MR) is 248 cm³/mol. The first-order chi connectivity index (χ1) is 30.5. The van der Waals surface area contributed by atoms with Crippen molar-refractivity contribution in [2.45, 2.75) is 77.3 Å². The average Bonchev–Trinajstić information content (AvgIpc) is 4.02. The molecule has 5 aromatic rings. The number of aromatic nitrogens is 4. The number of hydrogen-bond donors (Lipinski definition) is 2. The van der Waals surface area contributed by atoms with E-state index in [1.54, 1.807) is 75.2 Å². The smallest absolute Gasteiger partial charge is 0.274 e. The zero-order chi connectivity index (χ0) is 45.6. The van der Waals surface area contributed by atoms with E-state index in [1.165, 1.54) is 17.4 Å². The summed E-state index contributed by atoms with van der Waals surface area (Å²) in [6.07, 6.45) is 10.9. The Hall–Kier alpha value is -5.43. The van der Waals surface area contributed by atoms with Crippen LogP contribution in [0.2, 0.25) is 5.02 Å². The normalized spacial score (nSPS) is 20.0. The quantitative estimate of drug-likeness (QED) is 0.102. The van der Waals surface area contributed by atoms with Gasteiger partial charge >= 0.3 is 0 Å². The molecular weight excluding hydrogens is 852 g/mol. The molecular formula is C48H57ClN8O6S. The minimum Gasteiger partial charge on any atom is -0.493 e. The summed E-state index contributed by atoms with van der Waals surface area (Å²) in [5, 5.41) is 13.5. The summed E-state index contributed by atoms with van der Waals surface area (Å²) < 4.78 is 40.4. The lowest BCUT2D eigenvalue weighted by atomic mass is 9.49. The molecule has 0 bridgehead atoms. The molecule has 3 fully saturated rings. The van der Waals surface area contributed by atoms with E-state index in [0.717, 1.165) is 56.5 Å². The second kappa shape index (κ2) is 17.9. The fourth-order valence-corrected chi connectivity index (χ4v) is 11.2. The second-order valence-electron chi connectivity index (χ2n) is 18.7. The zero-order valence-corrected chi connectivity index (χ0v) is 38.9. The van der Waals surface area contributed by atoms with Gasteiger partial charge in [0.2, 0.25) is 5.95 Å². The Bertz CT molecular complexity index is 2730. The topological polar surface area (TPSA) is 176 Å². The van der Waals surface area contributed by atoms with Gasteiger partial charge in [0, 0.05) is 97.5 Å². The Morgan fingerprint density at radius 3 is 2.41 bits per heavy atom. The van der Waals surface area contributed by atoms with Gasteiger partial charge in [-0.15, -0.1) is 0 Å². The van der Waals surface area contributed by atoms with Crippen molar-refractivity contribution in [3.8, 4) is 28.7 Å². The van der Waals surface area contributed by atoms with Crippen LogP contribution in [-0.2, 0) is 16.9 Å². The number of nitrogens with one attached hydrogen (secondary N) is 2. The standard InChI is InChI=1S/C48H57ClN8O6S/c1-7-64(60,61)35-14-15-40(37(24-35)38-28-55(6)43(59)41-36(38)16-17-51-41)62-29-32(30-10-11-30)9-8-18-56-19-21-57(22-20-56)46-52-26-33(27-53-46)42(58)54-44-47(2,3)45(48(44,4)5)63-34-13-12-31(25-50)39(49)23-34/h12-17,23-24,26-28,30,32,44-45,51H,7-11,18-22,29H2,1-6H3,(H,54,58). The van der Waals surface area contributed by atoms with Crippen LogP contribution >= 0.6 is 11.6 Å². The van der Waals surface area contributed by atoms with Crippen molar-refractivity contribution in [2.75, 3.05) is 50.0 Å². The highest BCUT2D eigenvalue weighted by Crippen LogP contribution is 2.55. The molecule has 0 spiro atoms. The monoisotopic (exact) mass is 908 g/mol. The summed E-state index contributed by atoms with van der Waals surface area (Å²) in [7, 11) is -1.78. The number of aryl methyl sites for hydroxylation is 1. The van der Waals surface area contributed by atoms with Crippen LogP contribution in [0.3, 0.4) is 0 Å². The number of carbonyl (C=O) groups excluding carboxylic acids is 1. The number of anilines is 1. The van der Waals surface area contributed by atoms with Crippen LogP contribution in [0.5, 0.6) is 11.5 Å². The van der Waals surface area contributed by atoms with Gasteiger partial charge in [0.1, 0.15) is 29.2 Å². The van der Waals surface area contributed by atoms with E-state index in [0.29, 0.717) is 63.1 Å². The first-order valence-corrected chi connectivity index (χ1v) is 24.2. The molecule has 2 N–H and O–H groups in total. The Kier molecular flexibility index (Phi) is 12.6. The van der Waals surface area contributed by atoms with Crippen molar-refractivity contribution < 1.29 is 22.7 Å². The van der Waals surface area contributed by atoms with Crippen LogP contribution in [0.4, 0.5) is 5.95 Å². The third kappa shape index (κ3) is 8.97. The van der Waals surface area contributed by atoms with Gasteiger partial charge in [-0.2, -0.15) is 5.26 Å². The van der Waals surface area contributed by atoms with Gasteiger partial charge in [-0.25, -0.2) is 18.4 Å². The molecule has 16 heteroatoms. The van der Waals surface area contributed by atoms with Gasteiger partial charge in [0.15, 0.2) is 9.84 Å². The molecule has 338 valence electrons. The van der Waals surface area contributed by atoms with Gasteiger partial charge in [0.25, 0.3) is 11.5 Å². The molecule has 2 aliphatic carbocycles. The van der Waals surface area contributed by atoms with Crippen LogP contribution in [0, 0.1) is 34.0 Å². The van der Waals surface area contributed by atoms with Crippen LogP contribution in [0.25, 0.3) is 22.0 Å². The van der Waals surface area contributed by atoms with E-state index in [4.69, 9.17) is 21.1 Å². The highest BCUT2D eigenvalue weighted by molar-refractivity contribution is 7.91. The summed E-state index contributed by atoms with van der Waals surface area (Å²) >= 11 is 6.26. The molecule has 8 rings (SSSR count). The molecule has 1 atom stereocenters. The molecule has 1 amide bonds. The second-order valence-corrected chi connectivity index (χ2v) is 21.4.